The normalized spacial score (nSPS) is 12.2. The molecule has 1 atom stereocenters. The predicted octanol–water partition coefficient (Wildman–Crippen LogP) is 3.30. The van der Waals surface area contributed by atoms with Gasteiger partial charge in [-0.2, -0.15) is 4.98 Å². The second-order valence-corrected chi connectivity index (χ2v) is 4.56. The first kappa shape index (κ1) is 13.5. The molecule has 4 nitrogen and oxygen atoms in total. The van der Waals surface area contributed by atoms with Gasteiger partial charge in [0, 0.05) is 5.02 Å². The zero-order valence-corrected chi connectivity index (χ0v) is 11.3. The molecule has 1 aromatic heterocycles. The van der Waals surface area contributed by atoms with Crippen molar-refractivity contribution in [2.45, 2.75) is 20.0 Å². The lowest BCUT2D eigenvalue weighted by atomic mass is 10.1. The molecule has 0 aliphatic rings. The van der Waals surface area contributed by atoms with Gasteiger partial charge in [-0.1, -0.05) is 23.7 Å². The van der Waals surface area contributed by atoms with E-state index in [4.69, 9.17) is 22.1 Å². The van der Waals surface area contributed by atoms with Crippen LogP contribution in [0, 0.1) is 12.7 Å². The number of nitrogen functional groups attached to an aromatic ring is 1. The number of hydrogen-bond donors (Lipinski definition) is 1. The van der Waals surface area contributed by atoms with Gasteiger partial charge < -0.3 is 10.5 Å². The molecule has 0 aliphatic carbocycles. The highest BCUT2D eigenvalue weighted by Gasteiger charge is 2.11. The SMILES string of the molecule is Cc1cc(C(C)Oc2ncc(F)c(N)n2)ccc1Cl. The van der Waals surface area contributed by atoms with Crippen LogP contribution >= 0.6 is 11.6 Å². The highest BCUT2D eigenvalue weighted by Crippen LogP contribution is 2.24. The molecule has 2 rings (SSSR count). The molecule has 0 radical (unpaired) electrons. The highest BCUT2D eigenvalue weighted by molar-refractivity contribution is 6.31. The molecule has 1 aromatic carbocycles. The smallest absolute Gasteiger partial charge is 0.319 e. The van der Waals surface area contributed by atoms with Crippen molar-refractivity contribution < 1.29 is 9.13 Å². The Kier molecular flexibility index (Phi) is 3.85. The Bertz CT molecular complexity index is 606. The second kappa shape index (κ2) is 5.40. The monoisotopic (exact) mass is 281 g/mol. The van der Waals surface area contributed by atoms with Crippen molar-refractivity contribution in [3.63, 3.8) is 0 Å². The molecular weight excluding hydrogens is 269 g/mol. The first-order valence-corrected chi connectivity index (χ1v) is 6.06. The van der Waals surface area contributed by atoms with Crippen LogP contribution < -0.4 is 10.5 Å². The fourth-order valence-corrected chi connectivity index (χ4v) is 1.68. The van der Waals surface area contributed by atoms with Gasteiger partial charge in [-0.25, -0.2) is 9.37 Å². The van der Waals surface area contributed by atoms with Crippen LogP contribution in [0.5, 0.6) is 6.01 Å². The van der Waals surface area contributed by atoms with Crippen LogP contribution in [-0.4, -0.2) is 9.97 Å². The van der Waals surface area contributed by atoms with Gasteiger partial charge in [-0.15, -0.1) is 0 Å². The summed E-state index contributed by atoms with van der Waals surface area (Å²) in [6.07, 6.45) is 0.693. The molecule has 2 N–H and O–H groups in total. The fraction of sp³-hybridized carbons (Fsp3) is 0.231. The summed E-state index contributed by atoms with van der Waals surface area (Å²) in [6, 6.07) is 5.61. The molecule has 6 heteroatoms. The molecule has 0 bridgehead atoms. The first-order chi connectivity index (χ1) is 8.97. The zero-order valence-electron chi connectivity index (χ0n) is 10.5. The van der Waals surface area contributed by atoms with Crippen LogP contribution in [-0.2, 0) is 0 Å². The Balaban J connectivity index is 2.17. The van der Waals surface area contributed by atoms with Crippen molar-refractivity contribution in [1.82, 2.24) is 9.97 Å². The summed E-state index contributed by atoms with van der Waals surface area (Å²) in [5.74, 6) is -0.896. The number of nitrogens with two attached hydrogens (primary N) is 1. The number of halogens is 2. The lowest BCUT2D eigenvalue weighted by molar-refractivity contribution is 0.207. The third kappa shape index (κ3) is 3.12. The van der Waals surface area contributed by atoms with Crippen LogP contribution in [0.25, 0.3) is 0 Å². The van der Waals surface area contributed by atoms with E-state index in [2.05, 4.69) is 9.97 Å². The number of ether oxygens (including phenoxy) is 1. The van der Waals surface area contributed by atoms with Crippen LogP contribution in [0.3, 0.4) is 0 Å². The molecule has 19 heavy (non-hydrogen) atoms. The van der Waals surface area contributed by atoms with Crippen LogP contribution in [0.15, 0.2) is 24.4 Å². The quantitative estimate of drug-likeness (QED) is 0.938. The zero-order chi connectivity index (χ0) is 14.0. The Morgan fingerprint density at radius 1 is 1.42 bits per heavy atom. The summed E-state index contributed by atoms with van der Waals surface area (Å²) < 4.78 is 18.5. The van der Waals surface area contributed by atoms with Gasteiger partial charge in [-0.05, 0) is 31.0 Å². The number of anilines is 1. The minimum absolute atomic E-state index is 0.0407. The molecule has 0 spiro atoms. The summed E-state index contributed by atoms with van der Waals surface area (Å²) >= 11 is 5.96. The molecule has 0 fully saturated rings. The Morgan fingerprint density at radius 3 is 2.79 bits per heavy atom. The molecule has 0 aliphatic heterocycles. The largest absolute Gasteiger partial charge is 0.456 e. The lowest BCUT2D eigenvalue weighted by Gasteiger charge is -2.14. The van der Waals surface area contributed by atoms with Crippen molar-refractivity contribution in [1.29, 1.82) is 0 Å². The maximum Gasteiger partial charge on any atom is 0.319 e. The summed E-state index contributed by atoms with van der Waals surface area (Å²) in [6.45, 7) is 3.75. The second-order valence-electron chi connectivity index (χ2n) is 4.15. The van der Waals surface area contributed by atoms with E-state index in [9.17, 15) is 4.39 Å². The van der Waals surface area contributed by atoms with Gasteiger partial charge in [-0.3, -0.25) is 0 Å². The summed E-state index contributed by atoms with van der Waals surface area (Å²) in [7, 11) is 0. The Morgan fingerprint density at radius 2 is 2.16 bits per heavy atom. The number of aromatic nitrogens is 2. The van der Waals surface area contributed by atoms with E-state index in [1.165, 1.54) is 0 Å². The average Bonchev–Trinajstić information content (AvgIpc) is 2.37. The number of aryl methyl sites for hydroxylation is 1. The molecule has 100 valence electrons. The number of nitrogens with zero attached hydrogens (tertiary/aromatic N) is 2. The van der Waals surface area contributed by atoms with Gasteiger partial charge in [0.05, 0.1) is 6.20 Å². The first-order valence-electron chi connectivity index (χ1n) is 5.68. The van der Waals surface area contributed by atoms with E-state index >= 15 is 0 Å². The molecule has 1 heterocycles. The van der Waals surface area contributed by atoms with Gasteiger partial charge in [0.1, 0.15) is 6.10 Å². The minimum Gasteiger partial charge on any atom is -0.456 e. The van der Waals surface area contributed by atoms with Crippen molar-refractivity contribution in [3.05, 3.63) is 46.4 Å². The maximum absolute atomic E-state index is 12.9. The van der Waals surface area contributed by atoms with Crippen LogP contribution in [0.4, 0.5) is 10.2 Å². The van der Waals surface area contributed by atoms with E-state index in [1.54, 1.807) is 6.07 Å². The van der Waals surface area contributed by atoms with Crippen molar-refractivity contribution in [2.24, 2.45) is 0 Å². The lowest BCUT2D eigenvalue weighted by Crippen LogP contribution is -2.07. The predicted molar refractivity (Wildman–Crippen MR) is 71.6 cm³/mol. The van der Waals surface area contributed by atoms with E-state index in [0.717, 1.165) is 17.3 Å². The molecule has 0 saturated carbocycles. The summed E-state index contributed by atoms with van der Waals surface area (Å²) in [5, 5.41) is 0.693. The Hall–Kier alpha value is -1.88. The number of hydrogen-bond acceptors (Lipinski definition) is 4. The molecule has 0 amide bonds. The molecule has 2 aromatic rings. The third-order valence-electron chi connectivity index (χ3n) is 2.68. The van der Waals surface area contributed by atoms with Gasteiger partial charge in [0.2, 0.25) is 0 Å². The van der Waals surface area contributed by atoms with Crippen molar-refractivity contribution >= 4 is 17.4 Å². The van der Waals surface area contributed by atoms with Gasteiger partial charge in [0.15, 0.2) is 11.6 Å². The van der Waals surface area contributed by atoms with Gasteiger partial charge in [0.25, 0.3) is 0 Å². The Labute approximate surface area is 115 Å². The summed E-state index contributed by atoms with van der Waals surface area (Å²) in [5.41, 5.74) is 7.23. The van der Waals surface area contributed by atoms with Crippen molar-refractivity contribution in [2.75, 3.05) is 5.73 Å². The molecule has 0 saturated heterocycles. The van der Waals surface area contributed by atoms with Crippen LogP contribution in [0.1, 0.15) is 24.2 Å². The van der Waals surface area contributed by atoms with Gasteiger partial charge >= 0.3 is 6.01 Å². The molecule has 1 unspecified atom stereocenters. The minimum atomic E-state index is -0.664. The fourth-order valence-electron chi connectivity index (χ4n) is 1.57. The van der Waals surface area contributed by atoms with Crippen molar-refractivity contribution in [3.8, 4) is 6.01 Å². The van der Waals surface area contributed by atoms with E-state index < -0.39 is 5.82 Å². The topological polar surface area (TPSA) is 61.0 Å². The maximum atomic E-state index is 12.9. The standard InChI is InChI=1S/C13H13ClFN3O/c1-7-5-9(3-4-10(7)14)8(2)19-13-17-6-11(15)12(16)18-13/h3-6,8H,1-2H3,(H2,16,17,18). The van der Waals surface area contributed by atoms with E-state index in [0.29, 0.717) is 5.02 Å². The number of benzene rings is 1. The number of rotatable bonds is 3. The summed E-state index contributed by atoms with van der Waals surface area (Å²) in [4.78, 5) is 7.45. The average molecular weight is 282 g/mol. The molecular formula is C13H13ClFN3O. The van der Waals surface area contributed by atoms with E-state index in [1.807, 2.05) is 26.0 Å². The highest BCUT2D eigenvalue weighted by atomic mass is 35.5. The third-order valence-corrected chi connectivity index (χ3v) is 3.11. The van der Waals surface area contributed by atoms with E-state index in [-0.39, 0.29) is 17.9 Å². The van der Waals surface area contributed by atoms with Crippen LogP contribution in [0.2, 0.25) is 5.02 Å².